The van der Waals surface area contributed by atoms with E-state index in [0.717, 1.165) is 12.1 Å². The first-order chi connectivity index (χ1) is 14.1. The maximum absolute atomic E-state index is 13.1. The number of aromatic nitrogens is 3. The van der Waals surface area contributed by atoms with Gasteiger partial charge in [0.05, 0.1) is 22.7 Å². The van der Waals surface area contributed by atoms with Gasteiger partial charge in [0.1, 0.15) is 0 Å². The van der Waals surface area contributed by atoms with E-state index in [0.29, 0.717) is 4.88 Å². The van der Waals surface area contributed by atoms with Crippen molar-refractivity contribution in [2.45, 2.75) is 26.1 Å². The van der Waals surface area contributed by atoms with Gasteiger partial charge in [0.25, 0.3) is 5.91 Å². The molecule has 0 unspecified atom stereocenters. The van der Waals surface area contributed by atoms with Crippen LogP contribution >= 0.6 is 11.3 Å². The van der Waals surface area contributed by atoms with Gasteiger partial charge >= 0.3 is 6.18 Å². The van der Waals surface area contributed by atoms with E-state index >= 15 is 0 Å². The number of thiophene rings is 1. The predicted octanol–water partition coefficient (Wildman–Crippen LogP) is 3.27. The number of carbonyl (C=O) groups excluding carboxylic acids is 2. The fourth-order valence-electron chi connectivity index (χ4n) is 2.58. The van der Waals surface area contributed by atoms with E-state index in [1.165, 1.54) is 28.2 Å². The van der Waals surface area contributed by atoms with Crippen LogP contribution in [0.15, 0.2) is 41.8 Å². The standard InChI is InChI=1S/C19H18F3N5O2S/c1-11(2)24-15(28)10-23-18(29)16-25-17(14-7-4-8-30-14)27(26-16)13-6-3-5-12(9-13)19(20,21)22/h3-9,11H,10H2,1-2H3,(H,23,29)(H,24,28). The molecule has 2 heterocycles. The van der Waals surface area contributed by atoms with Crippen LogP contribution < -0.4 is 10.6 Å². The van der Waals surface area contributed by atoms with Crippen molar-refractivity contribution in [3.05, 3.63) is 53.2 Å². The fraction of sp³-hybridized carbons (Fsp3) is 0.263. The van der Waals surface area contributed by atoms with Crippen molar-refractivity contribution in [2.75, 3.05) is 6.54 Å². The van der Waals surface area contributed by atoms with Crippen LogP contribution in [-0.2, 0) is 11.0 Å². The van der Waals surface area contributed by atoms with Crippen molar-refractivity contribution in [3.8, 4) is 16.4 Å². The summed E-state index contributed by atoms with van der Waals surface area (Å²) in [6.07, 6.45) is -4.52. The molecule has 0 saturated heterocycles. The van der Waals surface area contributed by atoms with E-state index in [9.17, 15) is 22.8 Å². The van der Waals surface area contributed by atoms with E-state index in [1.54, 1.807) is 31.4 Å². The van der Waals surface area contributed by atoms with Crippen LogP contribution in [0, 0.1) is 0 Å². The Hall–Kier alpha value is -3.21. The quantitative estimate of drug-likeness (QED) is 0.620. The lowest BCUT2D eigenvalue weighted by Gasteiger charge is -2.09. The molecule has 0 aliphatic carbocycles. The van der Waals surface area contributed by atoms with Crippen molar-refractivity contribution in [2.24, 2.45) is 0 Å². The summed E-state index contributed by atoms with van der Waals surface area (Å²) in [5, 5.41) is 10.9. The van der Waals surface area contributed by atoms with Crippen LogP contribution in [-0.4, -0.2) is 39.2 Å². The number of nitrogens with zero attached hydrogens (tertiary/aromatic N) is 3. The van der Waals surface area contributed by atoms with E-state index in [2.05, 4.69) is 20.7 Å². The fourth-order valence-corrected chi connectivity index (χ4v) is 3.28. The van der Waals surface area contributed by atoms with Gasteiger partial charge in [-0.25, -0.2) is 9.67 Å². The Kier molecular flexibility index (Phi) is 6.20. The topological polar surface area (TPSA) is 88.9 Å². The molecule has 0 aliphatic heterocycles. The minimum absolute atomic E-state index is 0.0851. The highest BCUT2D eigenvalue weighted by atomic mass is 32.1. The van der Waals surface area contributed by atoms with Crippen LogP contribution in [0.1, 0.15) is 30.0 Å². The number of benzene rings is 1. The molecule has 2 N–H and O–H groups in total. The molecule has 0 saturated carbocycles. The average molecular weight is 437 g/mol. The van der Waals surface area contributed by atoms with Gasteiger partial charge in [-0.3, -0.25) is 9.59 Å². The van der Waals surface area contributed by atoms with Crippen LogP contribution in [0.2, 0.25) is 0 Å². The van der Waals surface area contributed by atoms with Crippen molar-refractivity contribution in [3.63, 3.8) is 0 Å². The number of alkyl halides is 3. The molecule has 0 atom stereocenters. The smallest absolute Gasteiger partial charge is 0.352 e. The second-order valence-electron chi connectivity index (χ2n) is 6.60. The van der Waals surface area contributed by atoms with Gasteiger partial charge < -0.3 is 10.6 Å². The molecule has 0 radical (unpaired) electrons. The molecular weight excluding hydrogens is 419 g/mol. The van der Waals surface area contributed by atoms with E-state index < -0.39 is 17.6 Å². The van der Waals surface area contributed by atoms with E-state index in [1.807, 2.05) is 0 Å². The molecule has 158 valence electrons. The van der Waals surface area contributed by atoms with Gasteiger partial charge in [-0.1, -0.05) is 12.1 Å². The summed E-state index contributed by atoms with van der Waals surface area (Å²) in [6.45, 7) is 3.29. The SMILES string of the molecule is CC(C)NC(=O)CNC(=O)c1nc(-c2cccs2)n(-c2cccc(C(F)(F)F)c2)n1. The first kappa shape index (κ1) is 21.5. The highest BCUT2D eigenvalue weighted by Gasteiger charge is 2.31. The summed E-state index contributed by atoms with van der Waals surface area (Å²) in [4.78, 5) is 29.0. The molecule has 3 rings (SSSR count). The monoisotopic (exact) mass is 437 g/mol. The lowest BCUT2D eigenvalue weighted by molar-refractivity contribution is -0.137. The maximum atomic E-state index is 13.1. The Bertz CT molecular complexity index is 1040. The third kappa shape index (κ3) is 5.03. The Labute approximate surface area is 173 Å². The van der Waals surface area contributed by atoms with Crippen LogP contribution in [0.5, 0.6) is 0 Å². The third-order valence-corrected chi connectivity index (χ3v) is 4.69. The minimum Gasteiger partial charge on any atom is -0.352 e. The zero-order chi connectivity index (χ0) is 21.9. The van der Waals surface area contributed by atoms with Crippen LogP contribution in [0.4, 0.5) is 13.2 Å². The van der Waals surface area contributed by atoms with Crippen molar-refractivity contribution < 1.29 is 22.8 Å². The molecule has 30 heavy (non-hydrogen) atoms. The van der Waals surface area contributed by atoms with Gasteiger partial charge in [0.15, 0.2) is 5.82 Å². The zero-order valence-electron chi connectivity index (χ0n) is 16.0. The first-order valence-corrected chi connectivity index (χ1v) is 9.79. The van der Waals surface area contributed by atoms with Gasteiger partial charge in [-0.2, -0.15) is 13.2 Å². The molecular formula is C19H18F3N5O2S. The minimum atomic E-state index is -4.52. The number of hydrogen-bond acceptors (Lipinski definition) is 5. The molecule has 0 spiro atoms. The maximum Gasteiger partial charge on any atom is 0.416 e. The molecule has 0 fully saturated rings. The summed E-state index contributed by atoms with van der Waals surface area (Å²) >= 11 is 1.30. The van der Waals surface area contributed by atoms with Crippen LogP contribution in [0.25, 0.3) is 16.4 Å². The summed E-state index contributed by atoms with van der Waals surface area (Å²) in [5.74, 6) is -1.12. The number of hydrogen-bond donors (Lipinski definition) is 2. The third-order valence-electron chi connectivity index (χ3n) is 3.83. The molecule has 0 bridgehead atoms. The first-order valence-electron chi connectivity index (χ1n) is 8.91. The Balaban J connectivity index is 1.93. The Morgan fingerprint density at radius 2 is 1.97 bits per heavy atom. The molecule has 0 aliphatic rings. The van der Waals surface area contributed by atoms with Gasteiger partial charge in [-0.15, -0.1) is 16.4 Å². The van der Waals surface area contributed by atoms with Gasteiger partial charge in [0, 0.05) is 6.04 Å². The average Bonchev–Trinajstić information content (AvgIpc) is 3.34. The van der Waals surface area contributed by atoms with Gasteiger partial charge in [0.2, 0.25) is 11.7 Å². The van der Waals surface area contributed by atoms with Gasteiger partial charge in [-0.05, 0) is 43.5 Å². The summed E-state index contributed by atoms with van der Waals surface area (Å²) in [7, 11) is 0. The van der Waals surface area contributed by atoms with Crippen LogP contribution in [0.3, 0.4) is 0 Å². The van der Waals surface area contributed by atoms with E-state index in [4.69, 9.17) is 0 Å². The Morgan fingerprint density at radius 3 is 2.60 bits per heavy atom. The summed E-state index contributed by atoms with van der Waals surface area (Å²) < 4.78 is 40.5. The zero-order valence-corrected chi connectivity index (χ0v) is 16.8. The summed E-state index contributed by atoms with van der Waals surface area (Å²) in [5.41, 5.74) is -0.735. The highest BCUT2D eigenvalue weighted by molar-refractivity contribution is 7.13. The molecule has 2 amide bonds. The lowest BCUT2D eigenvalue weighted by Crippen LogP contribution is -2.40. The van der Waals surface area contributed by atoms with E-state index in [-0.39, 0.29) is 35.8 Å². The Morgan fingerprint density at radius 1 is 1.20 bits per heavy atom. The number of rotatable bonds is 6. The second-order valence-corrected chi connectivity index (χ2v) is 7.55. The van der Waals surface area contributed by atoms with Crippen molar-refractivity contribution in [1.29, 1.82) is 0 Å². The molecule has 7 nitrogen and oxygen atoms in total. The van der Waals surface area contributed by atoms with Crippen molar-refractivity contribution >= 4 is 23.2 Å². The molecule has 2 aromatic heterocycles. The summed E-state index contributed by atoms with van der Waals surface area (Å²) in [6, 6.07) is 7.97. The lowest BCUT2D eigenvalue weighted by atomic mass is 10.2. The number of halogens is 3. The number of carbonyl (C=O) groups is 2. The molecule has 1 aromatic carbocycles. The predicted molar refractivity (Wildman–Crippen MR) is 105 cm³/mol. The highest BCUT2D eigenvalue weighted by Crippen LogP contribution is 2.31. The number of amides is 2. The molecule has 3 aromatic rings. The normalized spacial score (nSPS) is 11.5. The molecule has 11 heteroatoms. The van der Waals surface area contributed by atoms with Crippen molar-refractivity contribution in [1.82, 2.24) is 25.4 Å². The number of nitrogens with one attached hydrogen (secondary N) is 2. The second kappa shape index (κ2) is 8.66. The largest absolute Gasteiger partial charge is 0.416 e.